The van der Waals surface area contributed by atoms with Gasteiger partial charge >= 0.3 is 0 Å². The molecular weight excluding hydrogens is 234 g/mol. The van der Waals surface area contributed by atoms with Gasteiger partial charge in [0.05, 0.1) is 0 Å². The monoisotopic (exact) mass is 254 g/mol. The van der Waals surface area contributed by atoms with Crippen LogP contribution in [-0.2, 0) is 6.54 Å². The Bertz CT molecular complexity index is 393. The molecule has 0 saturated carbocycles. The number of nitrogens with two attached hydrogens (primary N) is 1. The molecule has 2 N–H and O–H groups in total. The smallest absolute Gasteiger partial charge is 0.130 e. The fourth-order valence-corrected chi connectivity index (χ4v) is 2.66. The number of piperidine rings is 1. The highest BCUT2D eigenvalue weighted by atomic mass is 19.1. The van der Waals surface area contributed by atoms with E-state index in [2.05, 4.69) is 4.90 Å². The number of nitrogens with zero attached hydrogens (tertiary/aromatic N) is 1. The lowest BCUT2D eigenvalue weighted by Crippen LogP contribution is -2.35. The lowest BCUT2D eigenvalue weighted by atomic mass is 9.94. The van der Waals surface area contributed by atoms with Crippen LogP contribution in [0.1, 0.15) is 24.8 Å². The van der Waals surface area contributed by atoms with Crippen molar-refractivity contribution in [3.05, 3.63) is 35.4 Å². The Hall–Kier alpha value is -1.00. The van der Waals surface area contributed by atoms with Crippen LogP contribution in [0.2, 0.25) is 0 Å². The molecule has 1 aliphatic heterocycles. The molecule has 1 atom stereocenters. The van der Waals surface area contributed by atoms with Crippen LogP contribution >= 0.6 is 0 Å². The highest BCUT2D eigenvalue weighted by Crippen LogP contribution is 2.21. The minimum atomic E-state index is -0.518. The molecule has 0 aromatic heterocycles. The Morgan fingerprint density at radius 3 is 2.89 bits per heavy atom. The van der Waals surface area contributed by atoms with Crippen LogP contribution in [0.5, 0.6) is 0 Å². The molecule has 1 heterocycles. The van der Waals surface area contributed by atoms with E-state index in [1.807, 2.05) is 0 Å². The average Bonchev–Trinajstić information content (AvgIpc) is 2.34. The summed E-state index contributed by atoms with van der Waals surface area (Å²) in [6.07, 6.45) is 3.37. The second kappa shape index (κ2) is 6.25. The van der Waals surface area contributed by atoms with Gasteiger partial charge in [0, 0.05) is 24.7 Å². The summed E-state index contributed by atoms with van der Waals surface area (Å²) in [6.45, 7) is 3.22. The van der Waals surface area contributed by atoms with Gasteiger partial charge in [-0.15, -0.1) is 0 Å². The van der Waals surface area contributed by atoms with E-state index in [1.165, 1.54) is 18.6 Å². The second-order valence-corrected chi connectivity index (χ2v) is 5.06. The predicted octanol–water partition coefficient (Wildman–Crippen LogP) is 2.53. The minimum Gasteiger partial charge on any atom is -0.330 e. The maximum Gasteiger partial charge on any atom is 0.130 e. The van der Waals surface area contributed by atoms with Crippen molar-refractivity contribution >= 4 is 0 Å². The predicted molar refractivity (Wildman–Crippen MR) is 68.0 cm³/mol. The molecule has 18 heavy (non-hydrogen) atoms. The summed E-state index contributed by atoms with van der Waals surface area (Å²) in [5.41, 5.74) is 6.15. The highest BCUT2D eigenvalue weighted by Gasteiger charge is 2.20. The number of benzene rings is 1. The van der Waals surface area contributed by atoms with E-state index in [1.54, 1.807) is 0 Å². The van der Waals surface area contributed by atoms with E-state index in [-0.39, 0.29) is 0 Å². The summed E-state index contributed by atoms with van der Waals surface area (Å²) >= 11 is 0. The zero-order chi connectivity index (χ0) is 13.0. The first-order valence-electron chi connectivity index (χ1n) is 6.55. The Kier molecular flexibility index (Phi) is 4.66. The maximum absolute atomic E-state index is 13.6. The molecule has 0 spiro atoms. The van der Waals surface area contributed by atoms with Crippen molar-refractivity contribution in [1.82, 2.24) is 4.90 Å². The topological polar surface area (TPSA) is 29.3 Å². The second-order valence-electron chi connectivity index (χ2n) is 5.06. The first-order chi connectivity index (χ1) is 8.69. The molecule has 2 nitrogen and oxygen atoms in total. The number of rotatable bonds is 4. The van der Waals surface area contributed by atoms with E-state index in [0.717, 1.165) is 32.0 Å². The third-order valence-electron chi connectivity index (χ3n) is 3.59. The fourth-order valence-electron chi connectivity index (χ4n) is 2.66. The highest BCUT2D eigenvalue weighted by molar-refractivity contribution is 5.18. The van der Waals surface area contributed by atoms with Crippen molar-refractivity contribution in [3.63, 3.8) is 0 Å². The Morgan fingerprint density at radius 1 is 1.33 bits per heavy atom. The third kappa shape index (κ3) is 3.50. The molecule has 2 rings (SSSR count). The molecule has 0 amide bonds. The molecule has 1 aromatic rings. The third-order valence-corrected chi connectivity index (χ3v) is 3.59. The maximum atomic E-state index is 13.6. The molecule has 1 aromatic carbocycles. The van der Waals surface area contributed by atoms with E-state index in [0.29, 0.717) is 24.6 Å². The van der Waals surface area contributed by atoms with Gasteiger partial charge in [-0.25, -0.2) is 8.78 Å². The molecule has 1 aliphatic rings. The van der Waals surface area contributed by atoms with E-state index < -0.39 is 11.6 Å². The van der Waals surface area contributed by atoms with Crippen LogP contribution in [0.25, 0.3) is 0 Å². The first-order valence-corrected chi connectivity index (χ1v) is 6.55. The first kappa shape index (κ1) is 13.4. The van der Waals surface area contributed by atoms with Crippen LogP contribution in [-0.4, -0.2) is 24.5 Å². The molecule has 1 unspecified atom stereocenters. The van der Waals surface area contributed by atoms with Crippen molar-refractivity contribution in [2.45, 2.75) is 25.8 Å². The number of likely N-dealkylation sites (tertiary alicyclic amines) is 1. The lowest BCUT2D eigenvalue weighted by molar-refractivity contribution is 0.161. The van der Waals surface area contributed by atoms with Gasteiger partial charge in [0.25, 0.3) is 0 Å². The van der Waals surface area contributed by atoms with Gasteiger partial charge in [0.1, 0.15) is 11.6 Å². The number of hydrogen-bond donors (Lipinski definition) is 1. The standard InChI is InChI=1S/C14H20F2N2/c15-13-4-3-12(14(16)8-13)10-18-7-1-2-11(9-18)5-6-17/h3-4,8,11H,1-2,5-7,9-10,17H2. The fraction of sp³-hybridized carbons (Fsp3) is 0.571. The van der Waals surface area contributed by atoms with Gasteiger partial charge in [-0.3, -0.25) is 4.90 Å². The molecule has 0 aliphatic carbocycles. The number of halogens is 2. The molecule has 100 valence electrons. The van der Waals surface area contributed by atoms with Gasteiger partial charge in [0.2, 0.25) is 0 Å². The van der Waals surface area contributed by atoms with Crippen molar-refractivity contribution in [2.24, 2.45) is 11.7 Å². The van der Waals surface area contributed by atoms with Crippen LogP contribution in [0.3, 0.4) is 0 Å². The van der Waals surface area contributed by atoms with E-state index in [9.17, 15) is 8.78 Å². The van der Waals surface area contributed by atoms with Crippen LogP contribution in [0, 0.1) is 17.6 Å². The summed E-state index contributed by atoms with van der Waals surface area (Å²) in [7, 11) is 0. The molecule has 0 bridgehead atoms. The number of hydrogen-bond acceptors (Lipinski definition) is 2. The molecule has 1 saturated heterocycles. The average molecular weight is 254 g/mol. The van der Waals surface area contributed by atoms with E-state index >= 15 is 0 Å². The quantitative estimate of drug-likeness (QED) is 0.894. The van der Waals surface area contributed by atoms with Gasteiger partial charge in [-0.2, -0.15) is 0 Å². The van der Waals surface area contributed by atoms with Crippen molar-refractivity contribution < 1.29 is 8.78 Å². The summed E-state index contributed by atoms with van der Waals surface area (Å²) in [6, 6.07) is 3.81. The van der Waals surface area contributed by atoms with Crippen LogP contribution < -0.4 is 5.73 Å². The van der Waals surface area contributed by atoms with Crippen molar-refractivity contribution in [3.8, 4) is 0 Å². The minimum absolute atomic E-state index is 0.448. The van der Waals surface area contributed by atoms with E-state index in [4.69, 9.17) is 5.73 Å². The lowest BCUT2D eigenvalue weighted by Gasteiger charge is -2.32. The summed E-state index contributed by atoms with van der Waals surface area (Å²) in [5, 5.41) is 0. The van der Waals surface area contributed by atoms with Crippen molar-refractivity contribution in [2.75, 3.05) is 19.6 Å². The van der Waals surface area contributed by atoms with Gasteiger partial charge in [0.15, 0.2) is 0 Å². The SMILES string of the molecule is NCCC1CCCN(Cc2ccc(F)cc2F)C1. The van der Waals surface area contributed by atoms with Gasteiger partial charge in [-0.05, 0) is 44.3 Å². The largest absolute Gasteiger partial charge is 0.330 e. The summed E-state index contributed by atoms with van der Waals surface area (Å²) < 4.78 is 26.4. The summed E-state index contributed by atoms with van der Waals surface area (Å²) in [4.78, 5) is 2.24. The molecular formula is C14H20F2N2. The zero-order valence-electron chi connectivity index (χ0n) is 10.5. The molecule has 0 radical (unpaired) electrons. The summed E-state index contributed by atoms with van der Waals surface area (Å²) in [5.74, 6) is -0.348. The zero-order valence-corrected chi connectivity index (χ0v) is 10.5. The van der Waals surface area contributed by atoms with Crippen molar-refractivity contribution in [1.29, 1.82) is 0 Å². The Balaban J connectivity index is 1.96. The van der Waals surface area contributed by atoms with Crippen LogP contribution in [0.15, 0.2) is 18.2 Å². The molecule has 4 heteroatoms. The Morgan fingerprint density at radius 2 is 2.17 bits per heavy atom. The van der Waals surface area contributed by atoms with Crippen LogP contribution in [0.4, 0.5) is 8.78 Å². The molecule has 1 fully saturated rings. The van der Waals surface area contributed by atoms with Gasteiger partial charge < -0.3 is 5.73 Å². The normalized spacial score (nSPS) is 21.2. The van der Waals surface area contributed by atoms with Gasteiger partial charge in [-0.1, -0.05) is 6.07 Å². The Labute approximate surface area is 107 Å².